The third-order valence-corrected chi connectivity index (χ3v) is 7.95. The molecule has 3 amide bonds. The maximum absolute atomic E-state index is 13.4. The normalized spacial score (nSPS) is 16.3. The topological polar surface area (TPSA) is 94.6 Å². The number of nitrogens with one attached hydrogen (secondary N) is 2. The van der Waals surface area contributed by atoms with Crippen molar-refractivity contribution in [2.45, 2.75) is 51.1 Å². The number of anilines is 1. The Labute approximate surface area is 246 Å². The summed E-state index contributed by atoms with van der Waals surface area (Å²) in [7, 11) is 0. The van der Waals surface area contributed by atoms with E-state index in [1.165, 1.54) is 24.6 Å². The van der Waals surface area contributed by atoms with Crippen LogP contribution >= 0.6 is 11.6 Å². The first-order chi connectivity index (χ1) is 20.0. The van der Waals surface area contributed by atoms with Crippen LogP contribution in [0.2, 0.25) is 5.02 Å². The van der Waals surface area contributed by atoms with E-state index in [0.29, 0.717) is 29.5 Å². The number of halogens is 1. The predicted molar refractivity (Wildman–Crippen MR) is 161 cm³/mol. The zero-order valence-electron chi connectivity index (χ0n) is 23.2. The summed E-state index contributed by atoms with van der Waals surface area (Å²) in [6, 6.07) is 18.0. The summed E-state index contributed by atoms with van der Waals surface area (Å²) in [5.41, 5.74) is 3.88. The molecule has 3 aromatic rings. The number of rotatable bonds is 9. The Morgan fingerprint density at radius 2 is 1.56 bits per heavy atom. The number of carbonyl (C=O) groups excluding carboxylic acids is 3. The quantitative estimate of drug-likeness (QED) is 0.370. The standard InChI is InChI=1S/C32H36ClN5O3/c33-26-14-15-29(34-21-26)36-30(39)20-28(32(41)38-18-4-1-5-19-38)35-31(40)24-12-10-23(11-13-24)27-9-3-2-8-25(27)22-37-16-6-7-17-37/h2-3,8-15,21,28H,1,4-7,16-20,22H2,(H,35,40)(H,34,36,39)/t28-/m0/s1. The Kier molecular flexibility index (Phi) is 9.64. The van der Waals surface area contributed by atoms with Crippen LogP contribution in [0.25, 0.3) is 11.1 Å². The van der Waals surface area contributed by atoms with Crippen LogP contribution in [0.3, 0.4) is 0 Å². The van der Waals surface area contributed by atoms with Crippen molar-refractivity contribution in [3.63, 3.8) is 0 Å². The van der Waals surface area contributed by atoms with Gasteiger partial charge in [0.25, 0.3) is 5.91 Å². The average molecular weight is 574 g/mol. The first kappa shape index (κ1) is 28.8. The molecule has 0 unspecified atom stereocenters. The highest BCUT2D eigenvalue weighted by atomic mass is 35.5. The molecule has 0 bridgehead atoms. The van der Waals surface area contributed by atoms with Gasteiger partial charge in [-0.2, -0.15) is 0 Å². The van der Waals surface area contributed by atoms with Gasteiger partial charge in [-0.25, -0.2) is 4.98 Å². The van der Waals surface area contributed by atoms with Gasteiger partial charge >= 0.3 is 0 Å². The minimum absolute atomic E-state index is 0.201. The Hall–Kier alpha value is -3.75. The third kappa shape index (κ3) is 7.71. The second-order valence-corrected chi connectivity index (χ2v) is 11.2. The summed E-state index contributed by atoms with van der Waals surface area (Å²) >= 11 is 5.89. The van der Waals surface area contributed by atoms with Crippen molar-refractivity contribution in [2.24, 2.45) is 0 Å². The molecule has 0 aliphatic carbocycles. The van der Waals surface area contributed by atoms with Crippen molar-refractivity contribution in [1.29, 1.82) is 0 Å². The zero-order chi connectivity index (χ0) is 28.6. The maximum atomic E-state index is 13.4. The van der Waals surface area contributed by atoms with Crippen LogP contribution < -0.4 is 10.6 Å². The number of carbonyl (C=O) groups is 3. The van der Waals surface area contributed by atoms with Crippen molar-refractivity contribution in [1.82, 2.24) is 20.1 Å². The highest BCUT2D eigenvalue weighted by Gasteiger charge is 2.29. The lowest BCUT2D eigenvalue weighted by molar-refractivity contribution is -0.135. The van der Waals surface area contributed by atoms with Crippen LogP contribution in [0.15, 0.2) is 66.9 Å². The Morgan fingerprint density at radius 1 is 0.854 bits per heavy atom. The number of pyridine rings is 1. The van der Waals surface area contributed by atoms with Gasteiger partial charge in [-0.05, 0) is 86.1 Å². The maximum Gasteiger partial charge on any atom is 0.251 e. The molecule has 5 rings (SSSR count). The van der Waals surface area contributed by atoms with Crippen molar-refractivity contribution in [3.8, 4) is 11.1 Å². The molecule has 2 saturated heterocycles. The van der Waals surface area contributed by atoms with Crippen LogP contribution in [0.4, 0.5) is 5.82 Å². The van der Waals surface area contributed by atoms with E-state index in [1.54, 1.807) is 29.2 Å². The van der Waals surface area contributed by atoms with Gasteiger partial charge in [0.05, 0.1) is 11.4 Å². The molecule has 2 aliphatic heterocycles. The molecule has 0 radical (unpaired) electrons. The molecular formula is C32H36ClN5O3. The summed E-state index contributed by atoms with van der Waals surface area (Å²) in [4.78, 5) is 47.9. The fourth-order valence-electron chi connectivity index (χ4n) is 5.53. The minimum atomic E-state index is -0.992. The molecule has 1 aromatic heterocycles. The van der Waals surface area contributed by atoms with Crippen molar-refractivity contribution in [3.05, 3.63) is 83.0 Å². The van der Waals surface area contributed by atoms with Gasteiger partial charge in [0, 0.05) is 31.4 Å². The Balaban J connectivity index is 1.28. The van der Waals surface area contributed by atoms with E-state index >= 15 is 0 Å². The third-order valence-electron chi connectivity index (χ3n) is 7.72. The van der Waals surface area contributed by atoms with Gasteiger partial charge in [0.2, 0.25) is 11.8 Å². The van der Waals surface area contributed by atoms with Gasteiger partial charge < -0.3 is 15.5 Å². The van der Waals surface area contributed by atoms with E-state index in [-0.39, 0.29) is 12.3 Å². The molecule has 8 nitrogen and oxygen atoms in total. The van der Waals surface area contributed by atoms with Crippen LogP contribution in [-0.2, 0) is 16.1 Å². The molecule has 2 aliphatic rings. The number of benzene rings is 2. The Morgan fingerprint density at radius 3 is 2.27 bits per heavy atom. The second-order valence-electron chi connectivity index (χ2n) is 10.7. The monoisotopic (exact) mass is 573 g/mol. The van der Waals surface area contributed by atoms with Gasteiger partial charge in [-0.15, -0.1) is 0 Å². The summed E-state index contributed by atoms with van der Waals surface area (Å²) in [6.07, 6.45) is 6.61. The minimum Gasteiger partial charge on any atom is -0.341 e. The van der Waals surface area contributed by atoms with E-state index in [2.05, 4.69) is 38.7 Å². The van der Waals surface area contributed by atoms with Crippen LogP contribution in [-0.4, -0.2) is 64.7 Å². The summed E-state index contributed by atoms with van der Waals surface area (Å²) < 4.78 is 0. The van der Waals surface area contributed by atoms with Crippen molar-refractivity contribution in [2.75, 3.05) is 31.5 Å². The van der Waals surface area contributed by atoms with Gasteiger partial charge in [-0.3, -0.25) is 19.3 Å². The van der Waals surface area contributed by atoms with Crippen LogP contribution in [0.5, 0.6) is 0 Å². The number of hydrogen-bond donors (Lipinski definition) is 2. The van der Waals surface area contributed by atoms with Gasteiger partial charge in [0.1, 0.15) is 11.9 Å². The van der Waals surface area contributed by atoms with E-state index in [1.807, 2.05) is 18.2 Å². The van der Waals surface area contributed by atoms with E-state index in [4.69, 9.17) is 11.6 Å². The molecule has 2 aromatic carbocycles. The molecule has 41 heavy (non-hydrogen) atoms. The van der Waals surface area contributed by atoms with E-state index < -0.39 is 17.9 Å². The molecule has 1 atom stereocenters. The summed E-state index contributed by atoms with van der Waals surface area (Å²) in [5, 5.41) is 5.98. The van der Waals surface area contributed by atoms with Gasteiger partial charge in [-0.1, -0.05) is 48.0 Å². The smallest absolute Gasteiger partial charge is 0.251 e. The molecule has 0 spiro atoms. The second kappa shape index (κ2) is 13.7. The lowest BCUT2D eigenvalue weighted by Crippen LogP contribution is -2.51. The average Bonchev–Trinajstić information content (AvgIpc) is 3.51. The fraction of sp³-hybridized carbons (Fsp3) is 0.375. The lowest BCUT2D eigenvalue weighted by Gasteiger charge is -2.30. The van der Waals surface area contributed by atoms with Crippen LogP contribution in [0, 0.1) is 0 Å². The summed E-state index contributed by atoms with van der Waals surface area (Å²) in [5.74, 6) is -0.727. The van der Waals surface area contributed by atoms with Crippen molar-refractivity contribution < 1.29 is 14.4 Å². The molecular weight excluding hydrogens is 538 g/mol. The van der Waals surface area contributed by atoms with Gasteiger partial charge in [0.15, 0.2) is 0 Å². The van der Waals surface area contributed by atoms with E-state index in [9.17, 15) is 14.4 Å². The highest BCUT2D eigenvalue weighted by Crippen LogP contribution is 2.26. The molecule has 214 valence electrons. The fourth-order valence-corrected chi connectivity index (χ4v) is 5.64. The molecule has 2 fully saturated rings. The lowest BCUT2D eigenvalue weighted by atomic mass is 9.98. The highest BCUT2D eigenvalue weighted by molar-refractivity contribution is 6.30. The number of aromatic nitrogens is 1. The zero-order valence-corrected chi connectivity index (χ0v) is 23.9. The van der Waals surface area contributed by atoms with Crippen LogP contribution in [0.1, 0.15) is 54.4 Å². The largest absolute Gasteiger partial charge is 0.341 e. The first-order valence-electron chi connectivity index (χ1n) is 14.4. The SMILES string of the molecule is O=C(C[C@H](NC(=O)c1ccc(-c2ccccc2CN2CCCC2)cc1)C(=O)N1CCCCC1)Nc1ccc(Cl)cn1. The number of piperidine rings is 1. The van der Waals surface area contributed by atoms with E-state index in [0.717, 1.165) is 50.0 Å². The Bertz CT molecular complexity index is 1350. The first-order valence-corrected chi connectivity index (χ1v) is 14.8. The predicted octanol–water partition coefficient (Wildman–Crippen LogP) is 5.14. The molecule has 2 N–H and O–H groups in total. The number of hydrogen-bond acceptors (Lipinski definition) is 5. The van der Waals surface area contributed by atoms with Crippen molar-refractivity contribution >= 4 is 35.1 Å². The number of likely N-dealkylation sites (tertiary alicyclic amines) is 2. The number of amides is 3. The number of nitrogens with zero attached hydrogens (tertiary/aromatic N) is 3. The summed E-state index contributed by atoms with van der Waals surface area (Å²) in [6.45, 7) is 4.40. The molecule has 0 saturated carbocycles. The molecule has 3 heterocycles. The molecule has 9 heteroatoms.